The van der Waals surface area contributed by atoms with Crippen molar-refractivity contribution in [3.63, 3.8) is 0 Å². The van der Waals surface area contributed by atoms with Crippen LogP contribution in [0.15, 0.2) is 30.7 Å². The quantitative estimate of drug-likeness (QED) is 0.782. The van der Waals surface area contributed by atoms with E-state index in [1.54, 1.807) is 12.3 Å². The van der Waals surface area contributed by atoms with Crippen LogP contribution in [0.1, 0.15) is 21.9 Å². The molecule has 2 aromatic heterocycles. The number of rotatable bonds is 3. The molecule has 3 rings (SSSR count). The van der Waals surface area contributed by atoms with E-state index in [0.717, 1.165) is 37.7 Å². The fraction of sp³-hybridized carbons (Fsp3) is 0.357. The Hall–Kier alpha value is -2.21. The van der Waals surface area contributed by atoms with Crippen molar-refractivity contribution in [2.45, 2.75) is 19.6 Å². The van der Waals surface area contributed by atoms with Crippen molar-refractivity contribution in [3.8, 4) is 0 Å². The molecule has 20 heavy (non-hydrogen) atoms. The van der Waals surface area contributed by atoms with E-state index >= 15 is 0 Å². The van der Waals surface area contributed by atoms with Crippen LogP contribution in [0.4, 0.5) is 0 Å². The highest BCUT2D eigenvalue weighted by Gasteiger charge is 2.17. The van der Waals surface area contributed by atoms with Crippen LogP contribution in [0.2, 0.25) is 0 Å². The third kappa shape index (κ3) is 2.55. The molecule has 0 atom stereocenters. The summed E-state index contributed by atoms with van der Waals surface area (Å²) >= 11 is 0. The number of nitrogens with zero attached hydrogens (tertiary/aromatic N) is 4. The average molecular weight is 272 g/mol. The van der Waals surface area contributed by atoms with Crippen molar-refractivity contribution < 1.29 is 9.53 Å². The molecule has 0 saturated carbocycles. The van der Waals surface area contributed by atoms with Gasteiger partial charge in [0, 0.05) is 38.2 Å². The number of methoxy groups -OCH3 is 1. The van der Waals surface area contributed by atoms with E-state index in [1.807, 2.05) is 18.5 Å². The number of carbonyl (C=O) groups is 1. The average Bonchev–Trinajstić information content (AvgIpc) is 2.95. The Balaban J connectivity index is 1.65. The van der Waals surface area contributed by atoms with Gasteiger partial charge >= 0.3 is 5.97 Å². The normalized spacial score (nSPS) is 14.8. The largest absolute Gasteiger partial charge is 0.465 e. The molecule has 0 fully saturated rings. The molecule has 1 aliphatic heterocycles. The third-order valence-electron chi connectivity index (χ3n) is 3.46. The van der Waals surface area contributed by atoms with Crippen molar-refractivity contribution in [3.05, 3.63) is 47.8 Å². The van der Waals surface area contributed by atoms with Gasteiger partial charge in [0.1, 0.15) is 5.82 Å². The van der Waals surface area contributed by atoms with Gasteiger partial charge in [-0.1, -0.05) is 0 Å². The molecule has 0 aliphatic carbocycles. The number of hydrogen-bond donors (Lipinski definition) is 0. The number of aromatic nitrogens is 3. The Kier molecular flexibility index (Phi) is 3.47. The highest BCUT2D eigenvalue weighted by Crippen LogP contribution is 2.13. The van der Waals surface area contributed by atoms with E-state index in [4.69, 9.17) is 0 Å². The second kappa shape index (κ2) is 5.42. The highest BCUT2D eigenvalue weighted by molar-refractivity contribution is 5.88. The lowest BCUT2D eigenvalue weighted by Crippen LogP contribution is -2.33. The van der Waals surface area contributed by atoms with Gasteiger partial charge in [-0.3, -0.25) is 9.88 Å². The molecule has 0 unspecified atom stereocenters. The number of imidazole rings is 1. The summed E-state index contributed by atoms with van der Waals surface area (Å²) in [6, 6.07) is 3.62. The summed E-state index contributed by atoms with van der Waals surface area (Å²) in [6.45, 7) is 3.51. The van der Waals surface area contributed by atoms with Crippen LogP contribution in [-0.2, 0) is 24.4 Å². The molecular weight excluding hydrogens is 256 g/mol. The Labute approximate surface area is 117 Å². The van der Waals surface area contributed by atoms with Gasteiger partial charge in [-0.2, -0.15) is 0 Å². The third-order valence-corrected chi connectivity index (χ3v) is 3.46. The SMILES string of the molecule is COC(=O)c1ccc(CN2CCn3ccnc3C2)nc1. The maximum Gasteiger partial charge on any atom is 0.339 e. The summed E-state index contributed by atoms with van der Waals surface area (Å²) < 4.78 is 6.83. The van der Waals surface area contributed by atoms with Crippen LogP contribution >= 0.6 is 0 Å². The summed E-state index contributed by atoms with van der Waals surface area (Å²) in [7, 11) is 1.37. The first-order valence-electron chi connectivity index (χ1n) is 6.52. The minimum atomic E-state index is -0.357. The summed E-state index contributed by atoms with van der Waals surface area (Å²) in [5.74, 6) is 0.728. The number of ether oxygens (including phenoxy) is 1. The van der Waals surface area contributed by atoms with E-state index in [9.17, 15) is 4.79 Å². The van der Waals surface area contributed by atoms with Gasteiger partial charge in [-0.15, -0.1) is 0 Å². The molecular formula is C14H16N4O2. The number of hydrogen-bond acceptors (Lipinski definition) is 5. The molecule has 0 bridgehead atoms. The second-order valence-electron chi connectivity index (χ2n) is 4.78. The van der Waals surface area contributed by atoms with Gasteiger partial charge < -0.3 is 9.30 Å². The zero-order valence-electron chi connectivity index (χ0n) is 11.3. The van der Waals surface area contributed by atoms with Crippen molar-refractivity contribution >= 4 is 5.97 Å². The molecule has 0 amide bonds. The first-order valence-corrected chi connectivity index (χ1v) is 6.52. The Bertz CT molecular complexity index is 606. The minimum absolute atomic E-state index is 0.357. The van der Waals surface area contributed by atoms with E-state index in [0.29, 0.717) is 5.56 Å². The zero-order valence-corrected chi connectivity index (χ0v) is 11.3. The molecule has 2 aromatic rings. The van der Waals surface area contributed by atoms with Gasteiger partial charge in [-0.25, -0.2) is 9.78 Å². The lowest BCUT2D eigenvalue weighted by Gasteiger charge is -2.27. The van der Waals surface area contributed by atoms with Crippen molar-refractivity contribution in [2.75, 3.05) is 13.7 Å². The Morgan fingerprint density at radius 2 is 2.25 bits per heavy atom. The maximum absolute atomic E-state index is 11.3. The van der Waals surface area contributed by atoms with Gasteiger partial charge in [-0.05, 0) is 12.1 Å². The summed E-state index contributed by atoms with van der Waals surface area (Å²) in [4.78, 5) is 22.3. The van der Waals surface area contributed by atoms with Gasteiger partial charge in [0.05, 0.1) is 24.9 Å². The van der Waals surface area contributed by atoms with Crippen molar-refractivity contribution in [2.24, 2.45) is 0 Å². The highest BCUT2D eigenvalue weighted by atomic mass is 16.5. The molecule has 6 nitrogen and oxygen atoms in total. The van der Waals surface area contributed by atoms with Crippen LogP contribution in [-0.4, -0.2) is 39.1 Å². The number of fused-ring (bicyclic) bond motifs is 1. The van der Waals surface area contributed by atoms with E-state index in [2.05, 4.69) is 24.2 Å². The van der Waals surface area contributed by atoms with Crippen molar-refractivity contribution in [1.29, 1.82) is 0 Å². The van der Waals surface area contributed by atoms with Gasteiger partial charge in [0.25, 0.3) is 0 Å². The second-order valence-corrected chi connectivity index (χ2v) is 4.78. The lowest BCUT2D eigenvalue weighted by atomic mass is 10.2. The molecule has 104 valence electrons. The topological polar surface area (TPSA) is 60.2 Å². The van der Waals surface area contributed by atoms with Crippen LogP contribution in [0.3, 0.4) is 0 Å². The standard InChI is InChI=1S/C14H16N4O2/c1-20-14(19)11-2-3-12(16-8-11)9-17-6-7-18-5-4-15-13(18)10-17/h2-5,8H,6-7,9-10H2,1H3. The van der Waals surface area contributed by atoms with Gasteiger partial charge in [0.15, 0.2) is 0 Å². The predicted octanol–water partition coefficient (Wildman–Crippen LogP) is 1.08. The van der Waals surface area contributed by atoms with Crippen LogP contribution in [0.5, 0.6) is 0 Å². The van der Waals surface area contributed by atoms with Crippen molar-refractivity contribution in [1.82, 2.24) is 19.4 Å². The lowest BCUT2D eigenvalue weighted by molar-refractivity contribution is 0.0600. The maximum atomic E-state index is 11.3. The molecule has 0 N–H and O–H groups in total. The summed E-state index contributed by atoms with van der Waals surface area (Å²) in [6.07, 6.45) is 5.41. The van der Waals surface area contributed by atoms with E-state index in [1.165, 1.54) is 7.11 Å². The molecule has 6 heteroatoms. The number of carbonyl (C=O) groups excluding carboxylic acids is 1. The first kappa shape index (κ1) is 12.8. The first-order chi connectivity index (χ1) is 9.76. The number of pyridine rings is 1. The van der Waals surface area contributed by atoms with E-state index < -0.39 is 0 Å². The number of esters is 1. The zero-order chi connectivity index (χ0) is 13.9. The Morgan fingerprint density at radius 1 is 1.35 bits per heavy atom. The fourth-order valence-electron chi connectivity index (χ4n) is 2.34. The monoisotopic (exact) mass is 272 g/mol. The molecule has 1 aliphatic rings. The van der Waals surface area contributed by atoms with Gasteiger partial charge in [0.2, 0.25) is 0 Å². The molecule has 0 spiro atoms. The summed E-state index contributed by atoms with van der Waals surface area (Å²) in [5, 5.41) is 0. The predicted molar refractivity (Wildman–Crippen MR) is 71.9 cm³/mol. The minimum Gasteiger partial charge on any atom is -0.465 e. The van der Waals surface area contributed by atoms with Crippen LogP contribution in [0, 0.1) is 0 Å². The summed E-state index contributed by atoms with van der Waals surface area (Å²) in [5.41, 5.74) is 1.42. The van der Waals surface area contributed by atoms with Crippen LogP contribution in [0.25, 0.3) is 0 Å². The Morgan fingerprint density at radius 3 is 3.00 bits per heavy atom. The fourth-order valence-corrected chi connectivity index (χ4v) is 2.34. The molecule has 0 radical (unpaired) electrons. The molecule has 0 aromatic carbocycles. The smallest absolute Gasteiger partial charge is 0.339 e. The van der Waals surface area contributed by atoms with Crippen LogP contribution < -0.4 is 0 Å². The van der Waals surface area contributed by atoms with E-state index in [-0.39, 0.29) is 5.97 Å². The molecule has 3 heterocycles. The molecule has 0 saturated heterocycles.